The molecule has 0 radical (unpaired) electrons. The lowest BCUT2D eigenvalue weighted by atomic mass is 9.53. The van der Waals surface area contributed by atoms with E-state index in [1.165, 1.54) is 23.6 Å². The number of benzene rings is 1. The van der Waals surface area contributed by atoms with E-state index in [4.69, 9.17) is 4.74 Å². The molecule has 7 rings (SSSR count). The largest absolute Gasteiger partial charge is 0.458 e. The molecule has 4 nitrogen and oxygen atoms in total. The van der Waals surface area contributed by atoms with Crippen LogP contribution in [0.5, 0.6) is 0 Å². The zero-order chi connectivity index (χ0) is 25.7. The Hall–Kier alpha value is -2.97. The van der Waals surface area contributed by atoms with Crippen LogP contribution in [-0.4, -0.2) is 28.6 Å². The number of allylic oxidation sites excluding steroid dienone is 2. The molecule has 2 aromatic rings. The van der Waals surface area contributed by atoms with Crippen LogP contribution in [-0.2, 0) is 21.4 Å². The number of carbonyl (C=O) groups is 2. The first kappa shape index (κ1) is 23.4. The lowest BCUT2D eigenvalue weighted by Crippen LogP contribution is -2.42. The van der Waals surface area contributed by atoms with Gasteiger partial charge in [0.25, 0.3) is 0 Å². The number of alkyl halides is 5. The molecule has 1 aromatic carbocycles. The Morgan fingerprint density at radius 3 is 2.08 bits per heavy atom. The Balaban J connectivity index is 1.72. The molecule has 0 unspecified atom stereocenters. The van der Waals surface area contributed by atoms with E-state index in [2.05, 4.69) is 0 Å². The molecular formula is C27H24F5NO3. The second-order valence-corrected chi connectivity index (χ2v) is 10.7. The van der Waals surface area contributed by atoms with E-state index >= 15 is 8.78 Å². The predicted molar refractivity (Wildman–Crippen MR) is 121 cm³/mol. The topological polar surface area (TPSA) is 48.3 Å². The summed E-state index contributed by atoms with van der Waals surface area (Å²) in [5, 5.41) is 0.144. The van der Waals surface area contributed by atoms with E-state index in [0.29, 0.717) is 22.9 Å². The third-order valence-electron chi connectivity index (χ3n) is 8.72. The van der Waals surface area contributed by atoms with Gasteiger partial charge in [0.15, 0.2) is 0 Å². The highest BCUT2D eigenvalue weighted by Crippen LogP contribution is 2.59. The van der Waals surface area contributed by atoms with Crippen molar-refractivity contribution in [2.45, 2.75) is 51.1 Å². The number of hydrogen-bond acceptors (Lipinski definition) is 3. The number of carbonyl (C=O) groups excluding carboxylic acids is 2. The average Bonchev–Trinajstić information content (AvgIpc) is 3.21. The molecule has 4 aliphatic carbocycles. The van der Waals surface area contributed by atoms with Gasteiger partial charge in [0.2, 0.25) is 0 Å². The van der Waals surface area contributed by atoms with Gasteiger partial charge < -0.3 is 9.30 Å². The number of fused-ring (bicyclic) bond motifs is 1. The molecule has 5 aliphatic rings. The van der Waals surface area contributed by atoms with Crippen molar-refractivity contribution in [2.75, 3.05) is 0 Å². The van der Waals surface area contributed by atoms with Gasteiger partial charge in [-0.2, -0.15) is 22.0 Å². The monoisotopic (exact) mass is 505 g/mol. The van der Waals surface area contributed by atoms with Crippen LogP contribution < -0.4 is 0 Å². The second-order valence-electron chi connectivity index (χ2n) is 10.7. The van der Waals surface area contributed by atoms with Crippen molar-refractivity contribution in [1.29, 1.82) is 0 Å². The fourth-order valence-electron chi connectivity index (χ4n) is 7.40. The summed E-state index contributed by atoms with van der Waals surface area (Å²) < 4.78 is 79.3. The number of halogens is 5. The number of esters is 2. The zero-order valence-electron chi connectivity index (χ0n) is 19.7. The quantitative estimate of drug-likeness (QED) is 0.209. The fraction of sp³-hybridized carbons (Fsp3) is 0.481. The minimum absolute atomic E-state index is 0.112. The summed E-state index contributed by atoms with van der Waals surface area (Å²) in [6.07, 6.45) is -1.92. The van der Waals surface area contributed by atoms with Crippen molar-refractivity contribution in [3.05, 3.63) is 52.2 Å². The molecule has 5 fully saturated rings. The van der Waals surface area contributed by atoms with E-state index in [1.54, 1.807) is 19.2 Å². The predicted octanol–water partition coefficient (Wildman–Crippen LogP) is 6.27. The normalized spacial score (nSPS) is 29.5. The van der Waals surface area contributed by atoms with Crippen molar-refractivity contribution in [3.63, 3.8) is 0 Å². The van der Waals surface area contributed by atoms with Gasteiger partial charge in [0.05, 0.1) is 16.7 Å². The van der Waals surface area contributed by atoms with Gasteiger partial charge in [0.1, 0.15) is 0 Å². The van der Waals surface area contributed by atoms with Gasteiger partial charge in [-0.15, -0.1) is 0 Å². The van der Waals surface area contributed by atoms with Crippen LogP contribution in [0.1, 0.15) is 43.4 Å². The smallest absolute Gasteiger partial charge is 0.386 e. The minimum atomic E-state index is -6.00. The maximum atomic E-state index is 15.5. The summed E-state index contributed by atoms with van der Waals surface area (Å²) in [6, 6.07) is 6.24. The van der Waals surface area contributed by atoms with Gasteiger partial charge in [0, 0.05) is 29.2 Å². The molecule has 0 amide bonds. The maximum Gasteiger partial charge on any atom is 0.458 e. The van der Waals surface area contributed by atoms with Crippen LogP contribution in [0.4, 0.5) is 22.0 Å². The van der Waals surface area contributed by atoms with Gasteiger partial charge >= 0.3 is 24.0 Å². The highest BCUT2D eigenvalue weighted by molar-refractivity contribution is 6.23. The van der Waals surface area contributed by atoms with Gasteiger partial charge in [-0.25, -0.2) is 9.59 Å². The molecule has 1 aromatic heterocycles. The fourth-order valence-corrected chi connectivity index (χ4v) is 7.40. The number of cyclic esters (lactones) is 2. The van der Waals surface area contributed by atoms with Crippen LogP contribution in [0, 0.1) is 30.6 Å². The zero-order valence-corrected chi connectivity index (χ0v) is 19.7. The molecule has 1 aliphatic heterocycles. The van der Waals surface area contributed by atoms with E-state index in [0.717, 1.165) is 32.1 Å². The number of aromatic nitrogens is 1. The highest BCUT2D eigenvalue weighted by Gasteiger charge is 2.64. The van der Waals surface area contributed by atoms with Crippen molar-refractivity contribution >= 4 is 28.4 Å². The number of para-hydroxylation sites is 1. The van der Waals surface area contributed by atoms with E-state index in [1.807, 2.05) is 0 Å². The number of ether oxygens (including phenoxy) is 1. The molecular weight excluding hydrogens is 481 g/mol. The number of nitrogens with zero attached hydrogens (tertiary/aromatic N) is 1. The van der Waals surface area contributed by atoms with Crippen molar-refractivity contribution in [2.24, 2.45) is 30.7 Å². The summed E-state index contributed by atoms with van der Waals surface area (Å²) in [6.45, 7) is 1.43. The van der Waals surface area contributed by atoms with Crippen LogP contribution in [0.3, 0.4) is 0 Å². The van der Waals surface area contributed by atoms with Crippen LogP contribution in [0.2, 0.25) is 0 Å². The molecule has 4 bridgehead atoms. The summed E-state index contributed by atoms with van der Waals surface area (Å²) in [4.78, 5) is 26.0. The Morgan fingerprint density at radius 2 is 1.50 bits per heavy atom. The summed E-state index contributed by atoms with van der Waals surface area (Å²) in [5.41, 5.74) is -2.06. The molecule has 36 heavy (non-hydrogen) atoms. The standard InChI is InChI=1S/C27H24F5NO3/c1-12-19(17-5-3-4-6-18(17)33(12)2)23(26(28,29)27(30,31)32)22-21(24(34)36-25(22)35)20-15-8-13-7-14(10-15)11-16(20)9-13/h3-6,13-16H,7-11H2,1-2H3/b21-20?,23-22+. The molecule has 0 spiro atoms. The number of aryl methyl sites for hydroxylation is 1. The molecule has 4 saturated carbocycles. The third kappa shape index (κ3) is 3.10. The van der Waals surface area contributed by atoms with Crippen molar-refractivity contribution < 1.29 is 36.3 Å². The molecule has 0 atom stereocenters. The Labute approximate surface area is 203 Å². The van der Waals surface area contributed by atoms with Gasteiger partial charge in [-0.1, -0.05) is 18.2 Å². The Morgan fingerprint density at radius 1 is 0.917 bits per heavy atom. The van der Waals surface area contributed by atoms with Gasteiger partial charge in [-0.05, 0) is 74.3 Å². The first-order chi connectivity index (χ1) is 16.9. The highest BCUT2D eigenvalue weighted by atomic mass is 19.4. The lowest BCUT2D eigenvalue weighted by Gasteiger charge is -2.51. The number of hydrogen-bond donors (Lipinski definition) is 0. The van der Waals surface area contributed by atoms with Crippen molar-refractivity contribution in [1.82, 2.24) is 4.57 Å². The van der Waals surface area contributed by atoms with Crippen LogP contribution in [0.25, 0.3) is 16.5 Å². The molecule has 0 N–H and O–H groups in total. The lowest BCUT2D eigenvalue weighted by molar-refractivity contribution is -0.254. The third-order valence-corrected chi connectivity index (χ3v) is 8.72. The van der Waals surface area contributed by atoms with E-state index in [-0.39, 0.29) is 34.1 Å². The van der Waals surface area contributed by atoms with Gasteiger partial charge in [-0.3, -0.25) is 0 Å². The first-order valence-electron chi connectivity index (χ1n) is 12.1. The summed E-state index contributed by atoms with van der Waals surface area (Å²) in [7, 11) is 1.56. The Bertz CT molecular complexity index is 1360. The van der Waals surface area contributed by atoms with Crippen LogP contribution in [0.15, 0.2) is 41.0 Å². The Kier molecular flexibility index (Phi) is 4.90. The van der Waals surface area contributed by atoms with E-state index < -0.39 is 35.2 Å². The van der Waals surface area contributed by atoms with Crippen molar-refractivity contribution in [3.8, 4) is 0 Å². The SMILES string of the molecule is Cc1c(/C(=C2\C(=O)OC(=O)C2=C2C3CC4CC(C3)CC2C4)C(F)(F)C(F)(F)F)c2ccccc2n1C. The maximum absolute atomic E-state index is 15.5. The molecule has 1 saturated heterocycles. The molecule has 190 valence electrons. The summed E-state index contributed by atoms with van der Waals surface area (Å²) in [5.74, 6) is -7.28. The minimum Gasteiger partial charge on any atom is -0.386 e. The number of rotatable bonds is 2. The van der Waals surface area contributed by atoms with Crippen LogP contribution >= 0.6 is 0 Å². The summed E-state index contributed by atoms with van der Waals surface area (Å²) >= 11 is 0. The molecule has 2 heterocycles. The first-order valence-corrected chi connectivity index (χ1v) is 12.1. The molecule has 9 heteroatoms. The second kappa shape index (κ2) is 7.52. The van der Waals surface area contributed by atoms with E-state index in [9.17, 15) is 22.8 Å². The average molecular weight is 505 g/mol.